The Morgan fingerprint density at radius 3 is 2.78 bits per heavy atom. The van der Waals surface area contributed by atoms with Crippen LogP contribution in [0.1, 0.15) is 11.5 Å². The van der Waals surface area contributed by atoms with Gasteiger partial charge in [-0.05, 0) is 42.5 Å². The minimum atomic E-state index is 0.574. The van der Waals surface area contributed by atoms with Crippen LogP contribution in [-0.4, -0.2) is 12.1 Å². The first-order valence-corrected chi connectivity index (χ1v) is 7.78. The van der Waals surface area contributed by atoms with Crippen LogP contribution in [0.3, 0.4) is 0 Å². The van der Waals surface area contributed by atoms with E-state index in [1.54, 1.807) is 7.11 Å². The number of methoxy groups -OCH3 is 1. The van der Waals surface area contributed by atoms with Crippen molar-refractivity contribution in [1.29, 1.82) is 0 Å². The Labute approximate surface area is 140 Å². The van der Waals surface area contributed by atoms with Crippen molar-refractivity contribution in [3.63, 3.8) is 0 Å². The number of aromatic nitrogens is 1. The second-order valence-corrected chi connectivity index (χ2v) is 5.54. The summed E-state index contributed by atoms with van der Waals surface area (Å²) in [5, 5.41) is 2.73. The lowest BCUT2D eigenvalue weighted by Gasteiger charge is -2.04. The highest BCUT2D eigenvalue weighted by atomic mass is 35.5. The molecule has 0 spiro atoms. The summed E-state index contributed by atoms with van der Waals surface area (Å²) < 4.78 is 11.0. The molecular weight excluding hydrogens is 312 g/mol. The largest absolute Gasteiger partial charge is 0.495 e. The molecule has 3 rings (SSSR count). The van der Waals surface area contributed by atoms with Gasteiger partial charge in [-0.1, -0.05) is 17.7 Å². The normalized spacial score (nSPS) is 10.7. The van der Waals surface area contributed by atoms with Crippen LogP contribution in [0.25, 0.3) is 11.3 Å². The van der Waals surface area contributed by atoms with Crippen LogP contribution in [-0.2, 0) is 13.1 Å². The van der Waals surface area contributed by atoms with Crippen molar-refractivity contribution in [2.24, 2.45) is 0 Å². The Kier molecular flexibility index (Phi) is 4.95. The average molecular weight is 330 g/mol. The molecule has 5 heteroatoms. The molecule has 3 aromatic rings. The Balaban J connectivity index is 1.63. The molecule has 0 amide bonds. The fraction of sp³-hybridized carbons (Fsp3) is 0.167. The van der Waals surface area contributed by atoms with Crippen molar-refractivity contribution >= 4 is 11.6 Å². The lowest BCUT2D eigenvalue weighted by atomic mass is 10.2. The SMILES string of the molecule is COc1ccc(-c2ccc(C[NH2+]Cc3ccccn3)o2)cc1Cl. The van der Waals surface area contributed by atoms with Crippen LogP contribution in [0.4, 0.5) is 0 Å². The lowest BCUT2D eigenvalue weighted by molar-refractivity contribution is -0.688. The highest BCUT2D eigenvalue weighted by Crippen LogP contribution is 2.30. The third-order valence-electron chi connectivity index (χ3n) is 3.52. The van der Waals surface area contributed by atoms with E-state index in [4.69, 9.17) is 20.8 Å². The summed E-state index contributed by atoms with van der Waals surface area (Å²) in [6, 6.07) is 15.5. The third kappa shape index (κ3) is 3.92. The number of pyridine rings is 1. The van der Waals surface area contributed by atoms with Crippen molar-refractivity contribution in [3.05, 3.63) is 71.2 Å². The van der Waals surface area contributed by atoms with Crippen LogP contribution in [0.5, 0.6) is 5.75 Å². The third-order valence-corrected chi connectivity index (χ3v) is 3.82. The number of nitrogens with two attached hydrogens (primary N) is 1. The second kappa shape index (κ2) is 7.31. The maximum Gasteiger partial charge on any atom is 0.158 e. The number of ether oxygens (including phenoxy) is 1. The summed E-state index contributed by atoms with van der Waals surface area (Å²) in [5.74, 6) is 2.38. The van der Waals surface area contributed by atoms with Crippen LogP contribution in [0.15, 0.2) is 59.1 Å². The summed E-state index contributed by atoms with van der Waals surface area (Å²) in [7, 11) is 1.60. The van der Waals surface area contributed by atoms with Crippen molar-refractivity contribution in [3.8, 4) is 17.1 Å². The molecule has 0 saturated heterocycles. The number of quaternary nitrogens is 1. The number of hydrogen-bond acceptors (Lipinski definition) is 3. The molecule has 0 bridgehead atoms. The first-order valence-electron chi connectivity index (χ1n) is 7.40. The number of hydrogen-bond donors (Lipinski definition) is 1. The average Bonchev–Trinajstić information content (AvgIpc) is 3.05. The van der Waals surface area contributed by atoms with Crippen molar-refractivity contribution in [2.45, 2.75) is 13.1 Å². The maximum atomic E-state index is 6.16. The van der Waals surface area contributed by atoms with E-state index in [-0.39, 0.29) is 0 Å². The van der Waals surface area contributed by atoms with Crippen molar-refractivity contribution in [2.75, 3.05) is 7.11 Å². The Hall–Kier alpha value is -2.30. The van der Waals surface area contributed by atoms with E-state index in [2.05, 4.69) is 10.3 Å². The van der Waals surface area contributed by atoms with Gasteiger partial charge in [-0.25, -0.2) is 0 Å². The van der Waals surface area contributed by atoms with E-state index in [0.29, 0.717) is 10.8 Å². The zero-order chi connectivity index (χ0) is 16.1. The second-order valence-electron chi connectivity index (χ2n) is 5.13. The smallest absolute Gasteiger partial charge is 0.158 e. The van der Waals surface area contributed by atoms with Gasteiger partial charge < -0.3 is 14.5 Å². The van der Waals surface area contributed by atoms with E-state index in [1.807, 2.05) is 54.7 Å². The number of rotatable bonds is 6. The van der Waals surface area contributed by atoms with E-state index < -0.39 is 0 Å². The van der Waals surface area contributed by atoms with E-state index in [0.717, 1.165) is 35.9 Å². The maximum absolute atomic E-state index is 6.16. The molecule has 0 unspecified atom stereocenters. The highest BCUT2D eigenvalue weighted by Gasteiger charge is 2.09. The van der Waals surface area contributed by atoms with Crippen molar-refractivity contribution < 1.29 is 14.5 Å². The molecule has 2 N–H and O–H groups in total. The van der Waals surface area contributed by atoms with Crippen LogP contribution < -0.4 is 10.1 Å². The predicted molar refractivity (Wildman–Crippen MR) is 89.3 cm³/mol. The molecular formula is C18H18ClN2O2+. The zero-order valence-corrected chi connectivity index (χ0v) is 13.6. The standard InChI is InChI=1S/C18H17ClN2O2/c1-22-18-7-5-13(10-16(18)19)17-8-6-15(23-17)12-20-11-14-4-2-3-9-21-14/h2-10,20H,11-12H2,1H3/p+1. The Morgan fingerprint density at radius 2 is 2.04 bits per heavy atom. The first kappa shape index (κ1) is 15.6. The van der Waals surface area contributed by atoms with E-state index >= 15 is 0 Å². The van der Waals surface area contributed by atoms with Gasteiger partial charge in [0.25, 0.3) is 0 Å². The van der Waals surface area contributed by atoms with Gasteiger partial charge in [-0.3, -0.25) is 4.98 Å². The molecule has 2 heterocycles. The summed E-state index contributed by atoms with van der Waals surface area (Å²) in [4.78, 5) is 4.30. The van der Waals surface area contributed by atoms with E-state index in [9.17, 15) is 0 Å². The molecule has 0 aliphatic rings. The van der Waals surface area contributed by atoms with Gasteiger partial charge in [0.05, 0.1) is 17.8 Å². The molecule has 118 valence electrons. The fourth-order valence-corrected chi connectivity index (χ4v) is 2.60. The number of furan rings is 1. The minimum Gasteiger partial charge on any atom is -0.495 e. The highest BCUT2D eigenvalue weighted by molar-refractivity contribution is 6.32. The number of benzene rings is 1. The summed E-state index contributed by atoms with van der Waals surface area (Å²) in [6.07, 6.45) is 1.81. The predicted octanol–water partition coefficient (Wildman–Crippen LogP) is 3.27. The molecule has 4 nitrogen and oxygen atoms in total. The topological polar surface area (TPSA) is 51.9 Å². The van der Waals surface area contributed by atoms with Gasteiger partial charge in [0.15, 0.2) is 5.76 Å². The molecule has 1 aromatic carbocycles. The molecule has 0 saturated carbocycles. The van der Waals surface area contributed by atoms with Gasteiger partial charge in [0.2, 0.25) is 0 Å². The van der Waals surface area contributed by atoms with Gasteiger partial charge in [-0.15, -0.1) is 0 Å². The zero-order valence-electron chi connectivity index (χ0n) is 12.8. The van der Waals surface area contributed by atoms with Crippen molar-refractivity contribution in [1.82, 2.24) is 4.98 Å². The number of halogens is 1. The van der Waals surface area contributed by atoms with Crippen LogP contribution in [0, 0.1) is 0 Å². The Morgan fingerprint density at radius 1 is 1.13 bits per heavy atom. The summed E-state index contributed by atoms with van der Waals surface area (Å²) in [6.45, 7) is 1.59. The molecule has 0 atom stereocenters. The van der Waals surface area contributed by atoms with Crippen LogP contribution >= 0.6 is 11.6 Å². The molecule has 0 aliphatic heterocycles. The number of nitrogens with zero attached hydrogens (tertiary/aromatic N) is 1. The first-order chi connectivity index (χ1) is 11.3. The quantitative estimate of drug-likeness (QED) is 0.755. The summed E-state index contributed by atoms with van der Waals surface area (Å²) >= 11 is 6.16. The van der Waals surface area contributed by atoms with Gasteiger partial charge in [-0.2, -0.15) is 0 Å². The Bertz CT molecular complexity index is 772. The summed E-state index contributed by atoms with van der Waals surface area (Å²) in [5.41, 5.74) is 1.99. The molecule has 0 aliphatic carbocycles. The fourth-order valence-electron chi connectivity index (χ4n) is 2.34. The van der Waals surface area contributed by atoms with Gasteiger partial charge >= 0.3 is 0 Å². The van der Waals surface area contributed by atoms with Crippen LogP contribution in [0.2, 0.25) is 5.02 Å². The van der Waals surface area contributed by atoms with E-state index in [1.165, 1.54) is 0 Å². The molecule has 0 fully saturated rings. The minimum absolute atomic E-state index is 0.574. The lowest BCUT2D eigenvalue weighted by Crippen LogP contribution is -2.80. The van der Waals surface area contributed by atoms with Gasteiger partial charge in [0, 0.05) is 11.8 Å². The monoisotopic (exact) mass is 329 g/mol. The molecule has 2 aromatic heterocycles. The van der Waals surface area contributed by atoms with Gasteiger partial charge in [0.1, 0.15) is 24.6 Å². The molecule has 0 radical (unpaired) electrons. The molecule has 23 heavy (non-hydrogen) atoms.